The first-order chi connectivity index (χ1) is 23.7. The van der Waals surface area contributed by atoms with E-state index in [4.69, 9.17) is 14.2 Å². The van der Waals surface area contributed by atoms with Gasteiger partial charge in [-0.05, 0) is 93.5 Å². The van der Waals surface area contributed by atoms with Gasteiger partial charge >= 0.3 is 0 Å². The van der Waals surface area contributed by atoms with E-state index in [1.165, 1.54) is 34.2 Å². The lowest BCUT2D eigenvalue weighted by molar-refractivity contribution is -0.441. The number of allylic oxidation sites excluding steroid dienone is 7. The van der Waals surface area contributed by atoms with Crippen molar-refractivity contribution in [2.75, 3.05) is 52.0 Å². The topological polar surface area (TPSA) is 88.3 Å². The van der Waals surface area contributed by atoms with E-state index in [9.17, 15) is 13.0 Å². The van der Waals surface area contributed by atoms with Crippen LogP contribution in [0, 0.1) is 6.92 Å². The Morgan fingerprint density at radius 2 is 1.68 bits per heavy atom. The van der Waals surface area contributed by atoms with Crippen LogP contribution in [0.5, 0.6) is 0 Å². The lowest BCUT2D eigenvalue weighted by Gasteiger charge is -2.27. The molecule has 1 N–H and O–H groups in total. The van der Waals surface area contributed by atoms with E-state index in [-0.39, 0.29) is 10.3 Å². The molecule has 0 fully saturated rings. The Morgan fingerprint density at radius 3 is 2.38 bits per heavy atom. The number of benzene rings is 2. The van der Waals surface area contributed by atoms with Crippen LogP contribution in [-0.2, 0) is 35.2 Å². The number of unbranched alkanes of at least 4 members (excludes halogenated alkanes) is 1. The Labute approximate surface area is 299 Å². The fraction of sp³-hybridized carbons (Fsp3) is 0.488. The summed E-state index contributed by atoms with van der Waals surface area (Å²) < 4.78 is 53.7. The smallest absolute Gasteiger partial charge is 0.294 e. The molecule has 2 heterocycles. The molecule has 8 nitrogen and oxygen atoms in total. The van der Waals surface area contributed by atoms with E-state index in [0.29, 0.717) is 26.4 Å². The maximum atomic E-state index is 12.1. The maximum Gasteiger partial charge on any atom is 0.294 e. The van der Waals surface area contributed by atoms with E-state index in [1.54, 1.807) is 26.4 Å². The molecule has 0 bridgehead atoms. The fourth-order valence-corrected chi connectivity index (χ4v) is 8.04. The molecule has 0 atom stereocenters. The molecule has 0 amide bonds. The second-order valence-corrected chi connectivity index (χ2v) is 16.0. The summed E-state index contributed by atoms with van der Waals surface area (Å²) in [4.78, 5) is 2.30. The zero-order valence-electron chi connectivity index (χ0n) is 31.1. The van der Waals surface area contributed by atoms with E-state index < -0.39 is 15.5 Å². The molecule has 0 radical (unpaired) electrons. The average Bonchev–Trinajstić information content (AvgIpc) is 3.41. The van der Waals surface area contributed by atoms with Gasteiger partial charge in [-0.3, -0.25) is 4.55 Å². The summed E-state index contributed by atoms with van der Waals surface area (Å²) in [6, 6.07) is 11.6. The second kappa shape index (κ2) is 15.4. The number of anilines is 1. The van der Waals surface area contributed by atoms with Gasteiger partial charge in [-0.15, -0.1) is 0 Å². The molecule has 5 rings (SSSR count). The summed E-state index contributed by atoms with van der Waals surface area (Å²) in [6.07, 6.45) is 13.8. The molecule has 2 aliphatic heterocycles. The predicted octanol–water partition coefficient (Wildman–Crippen LogP) is 8.33. The number of hydrogen-bond donors (Lipinski definition) is 1. The van der Waals surface area contributed by atoms with Crippen LogP contribution in [0.25, 0.3) is 0 Å². The van der Waals surface area contributed by atoms with Gasteiger partial charge in [-0.2, -0.15) is 13.0 Å². The van der Waals surface area contributed by atoms with Crippen molar-refractivity contribution in [3.05, 3.63) is 100.0 Å². The van der Waals surface area contributed by atoms with Gasteiger partial charge in [0, 0.05) is 55.3 Å². The largest absolute Gasteiger partial charge is 0.493 e. The van der Waals surface area contributed by atoms with Crippen molar-refractivity contribution < 1.29 is 31.8 Å². The summed E-state index contributed by atoms with van der Waals surface area (Å²) >= 11 is 0. The quantitative estimate of drug-likeness (QED) is 0.120. The minimum absolute atomic E-state index is 0.101. The molecule has 3 aliphatic rings. The zero-order chi connectivity index (χ0) is 36.3. The highest BCUT2D eigenvalue weighted by molar-refractivity contribution is 7.85. The molecule has 0 saturated heterocycles. The second-order valence-electron chi connectivity index (χ2n) is 14.6. The molecular formula is C41H55N2O6S+. The van der Waals surface area contributed by atoms with Crippen molar-refractivity contribution in [2.45, 2.75) is 89.4 Å². The van der Waals surface area contributed by atoms with E-state index >= 15 is 0 Å². The summed E-state index contributed by atoms with van der Waals surface area (Å²) in [5, 5.41) is 0. The molecule has 9 heteroatoms. The summed E-state index contributed by atoms with van der Waals surface area (Å²) in [7, 11) is -0.910. The van der Waals surface area contributed by atoms with E-state index in [2.05, 4.69) is 93.5 Å². The van der Waals surface area contributed by atoms with Gasteiger partial charge in [0.15, 0.2) is 12.3 Å². The first-order valence-corrected chi connectivity index (χ1v) is 19.3. The molecule has 270 valence electrons. The number of rotatable bonds is 14. The lowest BCUT2D eigenvalue weighted by atomic mass is 9.81. The van der Waals surface area contributed by atoms with Crippen molar-refractivity contribution in [3.8, 4) is 0 Å². The zero-order valence-corrected chi connectivity index (χ0v) is 32.0. The van der Waals surface area contributed by atoms with Crippen molar-refractivity contribution in [2.24, 2.45) is 0 Å². The van der Waals surface area contributed by atoms with Gasteiger partial charge in [0.25, 0.3) is 10.1 Å². The highest BCUT2D eigenvalue weighted by Crippen LogP contribution is 2.48. The highest BCUT2D eigenvalue weighted by atomic mass is 32.2. The maximum absolute atomic E-state index is 12.1. The predicted molar refractivity (Wildman–Crippen MR) is 201 cm³/mol. The Bertz CT molecular complexity index is 1860. The molecule has 0 aromatic heterocycles. The molecule has 2 aromatic carbocycles. The molecule has 0 spiro atoms. The van der Waals surface area contributed by atoms with Crippen LogP contribution in [-0.4, -0.2) is 70.4 Å². The van der Waals surface area contributed by atoms with Crippen LogP contribution < -0.4 is 4.90 Å². The molecule has 1 aliphatic carbocycles. The Hall–Kier alpha value is -3.50. The number of ether oxygens (including phenoxy) is 3. The molecular weight excluding hydrogens is 649 g/mol. The van der Waals surface area contributed by atoms with Crippen LogP contribution in [0.2, 0.25) is 0 Å². The van der Waals surface area contributed by atoms with Gasteiger partial charge < -0.3 is 19.1 Å². The van der Waals surface area contributed by atoms with E-state index in [1.807, 2.05) is 0 Å². The van der Waals surface area contributed by atoms with Crippen molar-refractivity contribution in [1.29, 1.82) is 0 Å². The fourth-order valence-electron chi connectivity index (χ4n) is 7.53. The summed E-state index contributed by atoms with van der Waals surface area (Å²) in [5.41, 5.74) is 9.53. The van der Waals surface area contributed by atoms with Crippen molar-refractivity contribution >= 4 is 27.2 Å². The van der Waals surface area contributed by atoms with E-state index in [0.717, 1.165) is 66.9 Å². The highest BCUT2D eigenvalue weighted by Gasteiger charge is 2.45. The van der Waals surface area contributed by atoms with Crippen LogP contribution >= 0.6 is 0 Å². The first kappa shape index (κ1) is 37.7. The van der Waals surface area contributed by atoms with Gasteiger partial charge in [0.2, 0.25) is 5.69 Å². The standard InChI is InChI=1S/C41H54N2O6S/c1-9-10-24-49-39-30(15-20-37-40(3,4)33-27-29(2)14-18-35(33)42(37)22-25-47-7)12-11-13-31(39)16-21-38-41(5,6)34-28-32(50(44,45)46)17-19-36(34)43(38)23-26-48-8/h14-21,27-28H,9-13,22-26H2,1-8H3/p+1. The van der Waals surface area contributed by atoms with Gasteiger partial charge in [-0.25, -0.2) is 0 Å². The average molecular weight is 704 g/mol. The van der Waals surface area contributed by atoms with Crippen LogP contribution in [0.3, 0.4) is 0 Å². The van der Waals surface area contributed by atoms with Crippen molar-refractivity contribution in [1.82, 2.24) is 0 Å². The molecule has 0 saturated carbocycles. The summed E-state index contributed by atoms with van der Waals surface area (Å²) in [6.45, 7) is 16.3. The molecule has 0 unspecified atom stereocenters. The number of fused-ring (bicyclic) bond motifs is 2. The lowest BCUT2D eigenvalue weighted by Crippen LogP contribution is -2.29. The summed E-state index contributed by atoms with van der Waals surface area (Å²) in [5.74, 6) is 0.955. The normalized spacial score (nSPS) is 20.1. The Balaban J connectivity index is 1.58. The SMILES string of the molecule is CCCCOC1=C(C=CC2=[N+](CCOC)c3ccc(S(=O)(=O)O)cc3C2(C)C)CCCC1=CC=C1N(CCOC)c2ccc(C)cc2C1(C)C. The van der Waals surface area contributed by atoms with Gasteiger partial charge in [0.1, 0.15) is 12.4 Å². The van der Waals surface area contributed by atoms with Crippen LogP contribution in [0.4, 0.5) is 11.4 Å². The van der Waals surface area contributed by atoms with Gasteiger partial charge in [0.05, 0.1) is 23.5 Å². The van der Waals surface area contributed by atoms with Crippen LogP contribution in [0.15, 0.2) is 88.2 Å². The third-order valence-corrected chi connectivity index (χ3v) is 11.2. The number of aryl methyl sites for hydroxylation is 1. The molecule has 2 aromatic rings. The minimum atomic E-state index is -4.34. The Kier molecular flexibility index (Phi) is 11.6. The van der Waals surface area contributed by atoms with Crippen LogP contribution in [0.1, 0.15) is 83.4 Å². The third-order valence-electron chi connectivity index (χ3n) is 10.4. The number of nitrogens with zero attached hydrogens (tertiary/aromatic N) is 2. The number of methoxy groups -OCH3 is 2. The first-order valence-electron chi connectivity index (χ1n) is 17.8. The number of hydrogen-bond acceptors (Lipinski definition) is 6. The van der Waals surface area contributed by atoms with Crippen molar-refractivity contribution in [3.63, 3.8) is 0 Å². The van der Waals surface area contributed by atoms with Gasteiger partial charge in [-0.1, -0.05) is 51.0 Å². The minimum Gasteiger partial charge on any atom is -0.493 e. The monoisotopic (exact) mass is 703 g/mol. The Morgan fingerprint density at radius 1 is 0.920 bits per heavy atom. The third kappa shape index (κ3) is 7.57. The molecule has 50 heavy (non-hydrogen) atoms.